The number of esters is 2. The van der Waals surface area contributed by atoms with Crippen molar-refractivity contribution in [2.75, 3.05) is 0 Å². The van der Waals surface area contributed by atoms with Gasteiger partial charge >= 0.3 is 11.9 Å². The van der Waals surface area contributed by atoms with Crippen LogP contribution in [-0.4, -0.2) is 33.7 Å². The Bertz CT molecular complexity index is 1050. The molecule has 160 valence electrons. The largest absolute Gasteiger partial charge is 0.507 e. The second kappa shape index (κ2) is 7.45. The fraction of sp³-hybridized carbons (Fsp3) is 0.300. The first-order chi connectivity index (χ1) is 13.8. The normalized spacial score (nSPS) is 17.7. The average Bonchev–Trinajstić information content (AvgIpc) is 2.57. The number of hydrogen-bond donors (Lipinski definition) is 2. The monoisotopic (exact) mass is 456 g/mol. The number of carbonyl (C=O) groups is 2. The topological polar surface area (TPSA) is 112 Å². The molecule has 0 aromatic heterocycles. The SMILES string of the molecule is CC1(C)OC(=O)c2c(O)c(Cl)cc(Cl)c2O1.CC1(C)OC(=O)c2c(O)cccc2O1. The maximum atomic E-state index is 11.6. The first-order valence-electron chi connectivity index (χ1n) is 8.69. The predicted octanol–water partition coefficient (Wildman–Crippen LogP) is 4.66. The van der Waals surface area contributed by atoms with Crippen LogP contribution in [0.5, 0.6) is 23.0 Å². The first kappa shape index (κ1) is 21.9. The van der Waals surface area contributed by atoms with Crippen LogP contribution in [0.3, 0.4) is 0 Å². The third kappa shape index (κ3) is 4.20. The second-order valence-electron chi connectivity index (χ2n) is 7.33. The van der Waals surface area contributed by atoms with Gasteiger partial charge in [-0.05, 0) is 18.2 Å². The molecule has 2 aliphatic heterocycles. The van der Waals surface area contributed by atoms with Crippen LogP contribution in [0, 0.1) is 0 Å². The summed E-state index contributed by atoms with van der Waals surface area (Å²) in [7, 11) is 0. The van der Waals surface area contributed by atoms with Gasteiger partial charge in [-0.3, -0.25) is 0 Å². The van der Waals surface area contributed by atoms with Gasteiger partial charge in [-0.15, -0.1) is 0 Å². The zero-order valence-electron chi connectivity index (χ0n) is 16.4. The molecule has 8 nitrogen and oxygen atoms in total. The second-order valence-corrected chi connectivity index (χ2v) is 8.14. The molecule has 0 bridgehead atoms. The van der Waals surface area contributed by atoms with Crippen LogP contribution in [0.4, 0.5) is 0 Å². The summed E-state index contributed by atoms with van der Waals surface area (Å²) in [5, 5.41) is 19.2. The van der Waals surface area contributed by atoms with Crippen LogP contribution in [0.2, 0.25) is 10.0 Å². The molecular weight excluding hydrogens is 439 g/mol. The van der Waals surface area contributed by atoms with Gasteiger partial charge in [0.2, 0.25) is 11.6 Å². The van der Waals surface area contributed by atoms with E-state index in [-0.39, 0.29) is 38.4 Å². The molecule has 30 heavy (non-hydrogen) atoms. The van der Waals surface area contributed by atoms with E-state index in [0.717, 1.165) is 0 Å². The zero-order valence-corrected chi connectivity index (χ0v) is 17.9. The summed E-state index contributed by atoms with van der Waals surface area (Å²) in [6, 6.07) is 5.97. The Morgan fingerprint density at radius 2 is 1.37 bits per heavy atom. The maximum absolute atomic E-state index is 11.6. The van der Waals surface area contributed by atoms with Gasteiger partial charge in [0.1, 0.15) is 22.6 Å². The molecule has 0 spiro atoms. The number of carbonyl (C=O) groups excluding carboxylic acids is 2. The number of rotatable bonds is 0. The van der Waals surface area contributed by atoms with Gasteiger partial charge in [-0.1, -0.05) is 29.3 Å². The van der Waals surface area contributed by atoms with Gasteiger partial charge in [0.25, 0.3) is 0 Å². The molecule has 4 rings (SSSR count). The van der Waals surface area contributed by atoms with Gasteiger partial charge in [0.05, 0.1) is 10.0 Å². The minimum atomic E-state index is -1.12. The molecule has 2 aromatic carbocycles. The number of hydrogen-bond acceptors (Lipinski definition) is 8. The lowest BCUT2D eigenvalue weighted by molar-refractivity contribution is -0.128. The van der Waals surface area contributed by atoms with E-state index in [1.807, 2.05) is 0 Å². The molecule has 0 amide bonds. The zero-order chi connectivity index (χ0) is 22.4. The first-order valence-corrected chi connectivity index (χ1v) is 9.44. The fourth-order valence-electron chi connectivity index (χ4n) is 2.79. The number of aromatic hydroxyl groups is 2. The number of fused-ring (bicyclic) bond motifs is 2. The molecule has 0 saturated heterocycles. The summed E-state index contributed by atoms with van der Waals surface area (Å²) in [5.74, 6) is -3.44. The van der Waals surface area contributed by atoms with Crippen molar-refractivity contribution >= 4 is 35.1 Å². The van der Waals surface area contributed by atoms with Crippen molar-refractivity contribution in [3.05, 3.63) is 45.4 Å². The van der Waals surface area contributed by atoms with Gasteiger partial charge in [0.15, 0.2) is 11.5 Å². The molecule has 0 radical (unpaired) electrons. The Hall–Kier alpha value is -2.84. The lowest BCUT2D eigenvalue weighted by Gasteiger charge is -2.32. The molecular formula is C20H18Cl2O8. The molecule has 10 heteroatoms. The van der Waals surface area contributed by atoms with Gasteiger partial charge in [-0.2, -0.15) is 0 Å². The highest BCUT2D eigenvalue weighted by Gasteiger charge is 2.38. The van der Waals surface area contributed by atoms with Crippen LogP contribution in [0.15, 0.2) is 24.3 Å². The van der Waals surface area contributed by atoms with E-state index in [0.29, 0.717) is 5.75 Å². The highest BCUT2D eigenvalue weighted by molar-refractivity contribution is 6.37. The molecule has 0 saturated carbocycles. The van der Waals surface area contributed by atoms with Crippen LogP contribution in [0.1, 0.15) is 48.4 Å². The summed E-state index contributed by atoms with van der Waals surface area (Å²) in [5.41, 5.74) is -0.0522. The number of phenolic OH excluding ortho intramolecular Hbond substituents is 2. The third-order valence-electron chi connectivity index (χ3n) is 3.95. The Morgan fingerprint density at radius 3 is 2.00 bits per heavy atom. The minimum absolute atomic E-state index is 0.0241. The van der Waals surface area contributed by atoms with Crippen LogP contribution < -0.4 is 9.47 Å². The van der Waals surface area contributed by atoms with E-state index in [2.05, 4.69) is 0 Å². The Labute approximate surface area is 181 Å². The van der Waals surface area contributed by atoms with E-state index in [1.54, 1.807) is 39.8 Å². The van der Waals surface area contributed by atoms with E-state index < -0.39 is 23.5 Å². The average molecular weight is 457 g/mol. The Kier molecular flexibility index (Phi) is 5.43. The van der Waals surface area contributed by atoms with Crippen molar-refractivity contribution in [3.63, 3.8) is 0 Å². The summed E-state index contributed by atoms with van der Waals surface area (Å²) in [6.45, 7) is 6.40. The standard InChI is InChI=1S/C10H8Cl2O4.C10H10O4/c1-10(2)15-8-5(12)3-4(11)7(13)6(8)9(14)16-10;1-10(2)13-7-5-3-4-6(11)8(7)9(12)14-10/h3,13H,1-2H3;3-5,11H,1-2H3. The quantitative estimate of drug-likeness (QED) is 0.550. The van der Waals surface area contributed by atoms with E-state index in [1.165, 1.54) is 12.1 Å². The van der Waals surface area contributed by atoms with Crippen molar-refractivity contribution in [2.45, 2.75) is 39.3 Å². The van der Waals surface area contributed by atoms with Crippen molar-refractivity contribution in [2.24, 2.45) is 0 Å². The highest BCUT2D eigenvalue weighted by Crippen LogP contribution is 2.45. The maximum Gasteiger partial charge on any atom is 0.349 e. The lowest BCUT2D eigenvalue weighted by atomic mass is 10.1. The fourth-order valence-corrected chi connectivity index (χ4v) is 3.29. The summed E-state index contributed by atoms with van der Waals surface area (Å²) in [6.07, 6.45) is 0. The van der Waals surface area contributed by atoms with Gasteiger partial charge in [0, 0.05) is 27.7 Å². The predicted molar refractivity (Wildman–Crippen MR) is 106 cm³/mol. The van der Waals surface area contributed by atoms with Crippen LogP contribution in [-0.2, 0) is 9.47 Å². The number of halogens is 2. The van der Waals surface area contributed by atoms with Gasteiger partial charge < -0.3 is 29.2 Å². The molecule has 0 fully saturated rings. The minimum Gasteiger partial charge on any atom is -0.507 e. The summed E-state index contributed by atoms with van der Waals surface area (Å²) < 4.78 is 20.6. The number of phenols is 2. The number of cyclic esters (lactones) is 2. The molecule has 0 atom stereocenters. The highest BCUT2D eigenvalue weighted by atomic mass is 35.5. The Morgan fingerprint density at radius 1 is 0.800 bits per heavy atom. The molecule has 0 unspecified atom stereocenters. The van der Waals surface area contributed by atoms with Crippen LogP contribution >= 0.6 is 23.2 Å². The number of benzene rings is 2. The summed E-state index contributed by atoms with van der Waals surface area (Å²) >= 11 is 11.6. The Balaban J connectivity index is 0.000000172. The van der Waals surface area contributed by atoms with Crippen molar-refractivity contribution in [1.82, 2.24) is 0 Å². The third-order valence-corrected chi connectivity index (χ3v) is 4.52. The van der Waals surface area contributed by atoms with Crippen molar-refractivity contribution in [1.29, 1.82) is 0 Å². The molecule has 2 aromatic rings. The summed E-state index contributed by atoms with van der Waals surface area (Å²) in [4.78, 5) is 23.1. The molecule has 2 heterocycles. The molecule has 0 aliphatic carbocycles. The van der Waals surface area contributed by atoms with Crippen LogP contribution in [0.25, 0.3) is 0 Å². The van der Waals surface area contributed by atoms with E-state index in [4.69, 9.17) is 42.1 Å². The van der Waals surface area contributed by atoms with Gasteiger partial charge in [-0.25, -0.2) is 9.59 Å². The molecule has 2 N–H and O–H groups in total. The van der Waals surface area contributed by atoms with E-state index >= 15 is 0 Å². The smallest absolute Gasteiger partial charge is 0.349 e. The van der Waals surface area contributed by atoms with Crippen molar-refractivity contribution in [3.8, 4) is 23.0 Å². The number of ether oxygens (including phenoxy) is 4. The van der Waals surface area contributed by atoms with E-state index in [9.17, 15) is 19.8 Å². The van der Waals surface area contributed by atoms with Crippen molar-refractivity contribution < 1.29 is 38.7 Å². The lowest BCUT2D eigenvalue weighted by Crippen LogP contribution is -2.39. The molecule has 2 aliphatic rings.